The van der Waals surface area contributed by atoms with Crippen LogP contribution in [-0.4, -0.2) is 34.6 Å². The topological polar surface area (TPSA) is 77.1 Å². The number of nitrogens with one attached hydrogen (secondary N) is 1. The van der Waals surface area contributed by atoms with Gasteiger partial charge in [0.15, 0.2) is 6.61 Å². The number of hydrogen-bond donors (Lipinski definition) is 1. The predicted molar refractivity (Wildman–Crippen MR) is 110 cm³/mol. The summed E-state index contributed by atoms with van der Waals surface area (Å²) in [5.74, 6) is 0.447. The summed E-state index contributed by atoms with van der Waals surface area (Å²) in [7, 11) is 1.31. The van der Waals surface area contributed by atoms with E-state index in [9.17, 15) is 9.18 Å². The Labute approximate surface area is 172 Å². The minimum Gasteiger partial charge on any atom is -0.482 e. The van der Waals surface area contributed by atoms with Gasteiger partial charge in [-0.05, 0) is 60.7 Å². The van der Waals surface area contributed by atoms with Crippen LogP contribution in [0, 0.1) is 5.82 Å². The van der Waals surface area contributed by atoms with E-state index in [1.54, 1.807) is 36.7 Å². The Morgan fingerprint density at radius 3 is 2.27 bits per heavy atom. The molecule has 4 aromatic rings. The average molecular weight is 403 g/mol. The quantitative estimate of drug-likeness (QED) is 0.480. The minimum absolute atomic E-state index is 0.155. The van der Waals surface area contributed by atoms with Crippen molar-refractivity contribution in [1.29, 1.82) is 0 Å². The van der Waals surface area contributed by atoms with Gasteiger partial charge in [0.1, 0.15) is 17.4 Å². The zero-order chi connectivity index (χ0) is 20.9. The molecule has 0 saturated carbocycles. The molecule has 0 aliphatic carbocycles. The van der Waals surface area contributed by atoms with Gasteiger partial charge in [-0.25, -0.2) is 14.2 Å². The van der Waals surface area contributed by atoms with Gasteiger partial charge < -0.3 is 14.5 Å². The maximum atomic E-state index is 13.4. The normalized spacial score (nSPS) is 10.6. The Kier molecular flexibility index (Phi) is 5.52. The lowest BCUT2D eigenvalue weighted by molar-refractivity contribution is -0.142. The fourth-order valence-corrected chi connectivity index (χ4v) is 2.96. The number of halogens is 1. The largest absolute Gasteiger partial charge is 0.482 e. The Morgan fingerprint density at radius 2 is 1.60 bits per heavy atom. The van der Waals surface area contributed by atoms with E-state index in [1.165, 1.54) is 19.2 Å². The van der Waals surface area contributed by atoms with Crippen LogP contribution >= 0.6 is 0 Å². The van der Waals surface area contributed by atoms with E-state index in [0.29, 0.717) is 17.3 Å². The molecule has 0 spiro atoms. The molecule has 7 heteroatoms. The summed E-state index contributed by atoms with van der Waals surface area (Å²) in [4.78, 5) is 23.4. The smallest absolute Gasteiger partial charge is 0.343 e. The third-order valence-corrected chi connectivity index (χ3v) is 4.50. The van der Waals surface area contributed by atoms with Gasteiger partial charge in [0.05, 0.1) is 18.5 Å². The Balaban J connectivity index is 1.69. The Bertz CT molecular complexity index is 1140. The molecule has 2 heterocycles. The van der Waals surface area contributed by atoms with E-state index in [0.717, 1.165) is 22.4 Å². The molecule has 2 aromatic heterocycles. The third kappa shape index (κ3) is 4.20. The van der Waals surface area contributed by atoms with E-state index >= 15 is 0 Å². The van der Waals surface area contributed by atoms with Gasteiger partial charge in [0.2, 0.25) is 0 Å². The van der Waals surface area contributed by atoms with Crippen LogP contribution in [0.1, 0.15) is 0 Å². The van der Waals surface area contributed by atoms with Gasteiger partial charge >= 0.3 is 5.97 Å². The second kappa shape index (κ2) is 8.57. The highest BCUT2D eigenvalue weighted by Crippen LogP contribution is 2.33. The molecule has 150 valence electrons. The SMILES string of the molecule is COC(=O)COc1ccc(-c2nc(-c3ccc(F)cc3)c(-c3ccncc3)[nH]2)cc1. The van der Waals surface area contributed by atoms with Crippen LogP contribution in [-0.2, 0) is 9.53 Å². The first-order valence-electron chi connectivity index (χ1n) is 9.20. The number of rotatable bonds is 6. The van der Waals surface area contributed by atoms with E-state index in [1.807, 2.05) is 24.3 Å². The van der Waals surface area contributed by atoms with Crippen molar-refractivity contribution in [2.24, 2.45) is 0 Å². The highest BCUT2D eigenvalue weighted by Gasteiger charge is 2.15. The molecule has 4 rings (SSSR count). The zero-order valence-electron chi connectivity index (χ0n) is 16.1. The highest BCUT2D eigenvalue weighted by atomic mass is 19.1. The Hall–Kier alpha value is -4.00. The van der Waals surface area contributed by atoms with Gasteiger partial charge in [-0.3, -0.25) is 4.98 Å². The van der Waals surface area contributed by atoms with Crippen molar-refractivity contribution >= 4 is 5.97 Å². The number of aromatic amines is 1. The van der Waals surface area contributed by atoms with Crippen LogP contribution in [0.3, 0.4) is 0 Å². The number of imidazole rings is 1. The number of methoxy groups -OCH3 is 1. The van der Waals surface area contributed by atoms with Gasteiger partial charge in [0, 0.05) is 29.1 Å². The number of aromatic nitrogens is 3. The number of pyridine rings is 1. The van der Waals surface area contributed by atoms with Crippen molar-refractivity contribution < 1.29 is 18.7 Å². The molecule has 0 unspecified atom stereocenters. The van der Waals surface area contributed by atoms with Gasteiger partial charge in [-0.15, -0.1) is 0 Å². The second-order valence-electron chi connectivity index (χ2n) is 6.44. The molecule has 0 aliphatic rings. The van der Waals surface area contributed by atoms with E-state index in [-0.39, 0.29) is 12.4 Å². The van der Waals surface area contributed by atoms with Crippen molar-refractivity contribution in [3.8, 4) is 39.7 Å². The molecule has 2 aromatic carbocycles. The van der Waals surface area contributed by atoms with Gasteiger partial charge in [0.25, 0.3) is 0 Å². The first kappa shape index (κ1) is 19.3. The number of carbonyl (C=O) groups is 1. The summed E-state index contributed by atoms with van der Waals surface area (Å²) in [5.41, 5.74) is 4.07. The van der Waals surface area contributed by atoms with Crippen LogP contribution in [0.25, 0.3) is 33.9 Å². The first-order valence-corrected chi connectivity index (χ1v) is 9.20. The first-order chi connectivity index (χ1) is 14.6. The number of hydrogen-bond acceptors (Lipinski definition) is 5. The minimum atomic E-state index is -0.448. The van der Waals surface area contributed by atoms with Crippen molar-refractivity contribution in [2.45, 2.75) is 0 Å². The maximum Gasteiger partial charge on any atom is 0.343 e. The summed E-state index contributed by atoms with van der Waals surface area (Å²) in [6, 6.07) is 17.2. The summed E-state index contributed by atoms with van der Waals surface area (Å²) in [6.07, 6.45) is 3.41. The third-order valence-electron chi connectivity index (χ3n) is 4.50. The monoisotopic (exact) mass is 403 g/mol. The summed E-state index contributed by atoms with van der Waals surface area (Å²) >= 11 is 0. The molecule has 30 heavy (non-hydrogen) atoms. The summed E-state index contributed by atoms with van der Waals surface area (Å²) in [5, 5.41) is 0. The fraction of sp³-hybridized carbons (Fsp3) is 0.0870. The van der Waals surface area contributed by atoms with E-state index in [2.05, 4.69) is 14.7 Å². The standard InChI is InChI=1S/C23H18FN3O3/c1-29-20(28)14-30-19-8-4-17(5-9-19)23-26-21(15-2-6-18(24)7-3-15)22(27-23)16-10-12-25-13-11-16/h2-13H,14H2,1H3,(H,26,27). The van der Waals surface area contributed by atoms with Crippen LogP contribution in [0.4, 0.5) is 4.39 Å². The van der Waals surface area contributed by atoms with Crippen LogP contribution in [0.5, 0.6) is 5.75 Å². The van der Waals surface area contributed by atoms with Gasteiger partial charge in [-0.1, -0.05) is 0 Å². The predicted octanol–water partition coefficient (Wildman–Crippen LogP) is 4.50. The van der Waals surface area contributed by atoms with Crippen molar-refractivity contribution in [3.63, 3.8) is 0 Å². The molecular weight excluding hydrogens is 385 g/mol. The second-order valence-corrected chi connectivity index (χ2v) is 6.44. The molecule has 0 radical (unpaired) electrons. The number of carbonyl (C=O) groups excluding carboxylic acids is 1. The summed E-state index contributed by atoms with van der Waals surface area (Å²) in [6.45, 7) is -0.155. The Morgan fingerprint density at radius 1 is 0.933 bits per heavy atom. The highest BCUT2D eigenvalue weighted by molar-refractivity contribution is 5.81. The van der Waals surface area contributed by atoms with Crippen molar-refractivity contribution in [1.82, 2.24) is 15.0 Å². The number of H-pyrrole nitrogens is 1. The molecule has 0 saturated heterocycles. The number of esters is 1. The zero-order valence-corrected chi connectivity index (χ0v) is 16.1. The van der Waals surface area contributed by atoms with Crippen molar-refractivity contribution in [2.75, 3.05) is 13.7 Å². The maximum absolute atomic E-state index is 13.4. The van der Waals surface area contributed by atoms with Crippen LogP contribution < -0.4 is 4.74 Å². The molecule has 0 atom stereocenters. The van der Waals surface area contributed by atoms with E-state index < -0.39 is 5.97 Å². The molecule has 0 fully saturated rings. The van der Waals surface area contributed by atoms with E-state index in [4.69, 9.17) is 9.72 Å². The summed E-state index contributed by atoms with van der Waals surface area (Å²) < 4.78 is 23.3. The van der Waals surface area contributed by atoms with Gasteiger partial charge in [-0.2, -0.15) is 0 Å². The van der Waals surface area contributed by atoms with Crippen LogP contribution in [0.15, 0.2) is 73.1 Å². The molecular formula is C23H18FN3O3. The molecule has 6 nitrogen and oxygen atoms in total. The molecule has 0 amide bonds. The fourth-order valence-electron chi connectivity index (χ4n) is 2.96. The molecule has 0 aliphatic heterocycles. The number of benzene rings is 2. The lowest BCUT2D eigenvalue weighted by Gasteiger charge is -2.05. The number of nitrogens with zero attached hydrogens (tertiary/aromatic N) is 2. The van der Waals surface area contributed by atoms with Crippen molar-refractivity contribution in [3.05, 3.63) is 78.9 Å². The molecule has 0 bridgehead atoms. The lowest BCUT2D eigenvalue weighted by Crippen LogP contribution is -2.12. The average Bonchev–Trinajstić information content (AvgIpc) is 3.24. The molecule has 1 N–H and O–H groups in total. The van der Waals surface area contributed by atoms with Crippen LogP contribution in [0.2, 0.25) is 0 Å². The lowest BCUT2D eigenvalue weighted by atomic mass is 10.1. The number of ether oxygens (including phenoxy) is 2.